The van der Waals surface area contributed by atoms with Crippen LogP contribution in [0, 0.1) is 6.92 Å². The van der Waals surface area contributed by atoms with Gasteiger partial charge in [-0.3, -0.25) is 0 Å². The van der Waals surface area contributed by atoms with Gasteiger partial charge in [-0.05, 0) is 23.6 Å². The highest BCUT2D eigenvalue weighted by molar-refractivity contribution is 5.40. The van der Waals surface area contributed by atoms with E-state index in [1.807, 2.05) is 13.8 Å². The zero-order chi connectivity index (χ0) is 15.0. The molecule has 4 heteroatoms. The van der Waals surface area contributed by atoms with E-state index in [9.17, 15) is 0 Å². The Kier molecular flexibility index (Phi) is 4.42. The van der Waals surface area contributed by atoms with E-state index in [2.05, 4.69) is 39.0 Å². The highest BCUT2D eigenvalue weighted by Gasteiger charge is 2.31. The summed E-state index contributed by atoms with van der Waals surface area (Å²) in [6.45, 7) is 10.3. The Morgan fingerprint density at radius 3 is 1.74 bits per heavy atom. The maximum Gasteiger partial charge on any atom is 0.0615 e. The van der Waals surface area contributed by atoms with Crippen LogP contribution in [0.4, 0.5) is 0 Å². The molecular formula is C15H28N4. The maximum absolute atomic E-state index is 5.92. The molecule has 0 aliphatic rings. The lowest BCUT2D eigenvalue weighted by atomic mass is 9.75. The maximum atomic E-state index is 5.92. The molecule has 0 bridgehead atoms. The Balaban J connectivity index is 3.38. The van der Waals surface area contributed by atoms with Crippen LogP contribution in [0.3, 0.4) is 0 Å². The minimum atomic E-state index is -0.420. The summed E-state index contributed by atoms with van der Waals surface area (Å²) in [6, 6.07) is 6.29. The smallest absolute Gasteiger partial charge is 0.0615 e. The Morgan fingerprint density at radius 1 is 0.842 bits per heavy atom. The fourth-order valence-electron chi connectivity index (χ4n) is 2.09. The summed E-state index contributed by atoms with van der Waals surface area (Å²) in [5.74, 6) is 0. The van der Waals surface area contributed by atoms with Crippen molar-refractivity contribution >= 4 is 0 Å². The lowest BCUT2D eigenvalue weighted by Gasteiger charge is -2.34. The second-order valence-electron chi connectivity index (χ2n) is 6.52. The first-order valence-corrected chi connectivity index (χ1v) is 6.65. The first-order chi connectivity index (χ1) is 8.51. The number of rotatable bonds is 4. The molecule has 4 nitrogen and oxygen atoms in total. The topological polar surface area (TPSA) is 104 Å². The fourth-order valence-corrected chi connectivity index (χ4v) is 2.09. The molecule has 0 aliphatic carbocycles. The van der Waals surface area contributed by atoms with Crippen molar-refractivity contribution in [1.82, 2.24) is 0 Å². The quantitative estimate of drug-likeness (QED) is 0.610. The van der Waals surface area contributed by atoms with Crippen molar-refractivity contribution in [3.8, 4) is 0 Å². The van der Waals surface area contributed by atoms with Crippen molar-refractivity contribution in [3.05, 3.63) is 34.9 Å². The van der Waals surface area contributed by atoms with Crippen LogP contribution in [0.1, 0.15) is 44.4 Å². The number of aryl methyl sites for hydroxylation is 1. The van der Waals surface area contributed by atoms with E-state index in [-0.39, 0.29) is 10.8 Å². The molecule has 108 valence electrons. The SMILES string of the molecule is Cc1ccc(C(C)(C)C(N)N)cc1C(C)(C)C(N)N. The fraction of sp³-hybridized carbons (Fsp3) is 0.600. The Hall–Kier alpha value is -0.940. The Morgan fingerprint density at radius 2 is 1.32 bits per heavy atom. The normalized spacial score (nSPS) is 13.4. The molecule has 8 N–H and O–H groups in total. The lowest BCUT2D eigenvalue weighted by molar-refractivity contribution is 0.404. The molecule has 19 heavy (non-hydrogen) atoms. The van der Waals surface area contributed by atoms with Gasteiger partial charge < -0.3 is 22.9 Å². The van der Waals surface area contributed by atoms with Gasteiger partial charge in [0.25, 0.3) is 0 Å². The summed E-state index contributed by atoms with van der Waals surface area (Å²) in [7, 11) is 0. The van der Waals surface area contributed by atoms with E-state index in [0.29, 0.717) is 0 Å². The van der Waals surface area contributed by atoms with Crippen LogP contribution in [0.5, 0.6) is 0 Å². The largest absolute Gasteiger partial charge is 0.315 e. The first-order valence-electron chi connectivity index (χ1n) is 6.65. The highest BCUT2D eigenvalue weighted by Crippen LogP contribution is 2.32. The minimum absolute atomic E-state index is 0.294. The van der Waals surface area contributed by atoms with Crippen molar-refractivity contribution in [2.45, 2.75) is 57.8 Å². The summed E-state index contributed by atoms with van der Waals surface area (Å²) < 4.78 is 0. The number of hydrogen-bond acceptors (Lipinski definition) is 4. The molecule has 1 aromatic rings. The number of hydrogen-bond donors (Lipinski definition) is 4. The third-order valence-corrected chi connectivity index (χ3v) is 4.34. The van der Waals surface area contributed by atoms with Crippen molar-refractivity contribution < 1.29 is 0 Å². The lowest BCUT2D eigenvalue weighted by Crippen LogP contribution is -2.49. The number of nitrogens with two attached hydrogens (primary N) is 4. The van der Waals surface area contributed by atoms with E-state index >= 15 is 0 Å². The Labute approximate surface area is 116 Å². The van der Waals surface area contributed by atoms with Crippen molar-refractivity contribution in [3.63, 3.8) is 0 Å². The van der Waals surface area contributed by atoms with E-state index < -0.39 is 12.3 Å². The molecule has 0 heterocycles. The van der Waals surface area contributed by atoms with Crippen LogP contribution in [-0.4, -0.2) is 12.3 Å². The van der Waals surface area contributed by atoms with Gasteiger partial charge in [0.15, 0.2) is 0 Å². The minimum Gasteiger partial charge on any atom is -0.315 e. The molecular weight excluding hydrogens is 236 g/mol. The molecule has 0 atom stereocenters. The third-order valence-electron chi connectivity index (χ3n) is 4.34. The second-order valence-corrected chi connectivity index (χ2v) is 6.52. The molecule has 0 fully saturated rings. The van der Waals surface area contributed by atoms with Crippen molar-refractivity contribution in [2.75, 3.05) is 0 Å². The van der Waals surface area contributed by atoms with E-state index in [1.165, 1.54) is 5.56 Å². The van der Waals surface area contributed by atoms with E-state index in [4.69, 9.17) is 22.9 Å². The van der Waals surface area contributed by atoms with Crippen molar-refractivity contribution in [1.29, 1.82) is 0 Å². The average molecular weight is 264 g/mol. The van der Waals surface area contributed by atoms with Crippen molar-refractivity contribution in [2.24, 2.45) is 22.9 Å². The molecule has 0 radical (unpaired) electrons. The predicted octanol–water partition coefficient (Wildman–Crippen LogP) is 1.04. The summed E-state index contributed by atoms with van der Waals surface area (Å²) >= 11 is 0. The summed E-state index contributed by atoms with van der Waals surface area (Å²) in [6.07, 6.45) is -0.839. The van der Waals surface area contributed by atoms with Gasteiger partial charge in [-0.15, -0.1) is 0 Å². The molecule has 0 saturated heterocycles. The third kappa shape index (κ3) is 2.98. The van der Waals surface area contributed by atoms with Crippen LogP contribution in [0.25, 0.3) is 0 Å². The standard InChI is InChI=1S/C15H28N4/c1-9-6-7-10(14(2,3)12(16)17)8-11(9)15(4,5)13(18)19/h6-8,12-13H,16-19H2,1-5H3. The molecule has 0 unspecified atom stereocenters. The van der Waals surface area contributed by atoms with Crippen LogP contribution in [0.15, 0.2) is 18.2 Å². The van der Waals surface area contributed by atoms with E-state index in [1.54, 1.807) is 0 Å². The van der Waals surface area contributed by atoms with Gasteiger partial charge in [0.05, 0.1) is 12.3 Å². The molecule has 1 aromatic carbocycles. The average Bonchev–Trinajstić information content (AvgIpc) is 2.28. The summed E-state index contributed by atoms with van der Waals surface area (Å²) in [5.41, 5.74) is 26.5. The van der Waals surface area contributed by atoms with Gasteiger partial charge >= 0.3 is 0 Å². The predicted molar refractivity (Wildman–Crippen MR) is 81.6 cm³/mol. The van der Waals surface area contributed by atoms with Crippen LogP contribution < -0.4 is 22.9 Å². The zero-order valence-electron chi connectivity index (χ0n) is 12.7. The Bertz CT molecular complexity index is 447. The molecule has 0 saturated carbocycles. The first kappa shape index (κ1) is 16.1. The van der Waals surface area contributed by atoms with Gasteiger partial charge in [0, 0.05) is 10.8 Å². The molecule has 0 spiro atoms. The van der Waals surface area contributed by atoms with Crippen LogP contribution >= 0.6 is 0 Å². The van der Waals surface area contributed by atoms with Gasteiger partial charge in [-0.25, -0.2) is 0 Å². The molecule has 1 rings (SSSR count). The summed E-state index contributed by atoms with van der Waals surface area (Å²) in [4.78, 5) is 0. The molecule has 0 aromatic heterocycles. The second kappa shape index (κ2) is 5.21. The van der Waals surface area contributed by atoms with Crippen LogP contribution in [0.2, 0.25) is 0 Å². The molecule has 0 amide bonds. The van der Waals surface area contributed by atoms with Gasteiger partial charge in [-0.1, -0.05) is 45.9 Å². The van der Waals surface area contributed by atoms with E-state index in [0.717, 1.165) is 11.1 Å². The zero-order valence-corrected chi connectivity index (χ0v) is 12.7. The van der Waals surface area contributed by atoms with Crippen LogP contribution in [-0.2, 0) is 10.8 Å². The van der Waals surface area contributed by atoms with Gasteiger partial charge in [0.1, 0.15) is 0 Å². The van der Waals surface area contributed by atoms with Gasteiger partial charge in [0.2, 0.25) is 0 Å². The summed E-state index contributed by atoms with van der Waals surface area (Å²) in [5, 5.41) is 0. The number of benzene rings is 1. The molecule has 0 aliphatic heterocycles. The van der Waals surface area contributed by atoms with Gasteiger partial charge in [-0.2, -0.15) is 0 Å². The highest BCUT2D eigenvalue weighted by atomic mass is 14.9. The monoisotopic (exact) mass is 264 g/mol.